The highest BCUT2D eigenvalue weighted by atomic mass is 16.2. The summed E-state index contributed by atoms with van der Waals surface area (Å²) in [6, 6.07) is 0. The van der Waals surface area contributed by atoms with Crippen molar-refractivity contribution in [1.29, 1.82) is 0 Å². The van der Waals surface area contributed by atoms with Gasteiger partial charge in [-0.2, -0.15) is 0 Å². The molecule has 0 fully saturated rings. The second-order valence-electron chi connectivity index (χ2n) is 6.48. The molecule has 0 bridgehead atoms. The van der Waals surface area contributed by atoms with Crippen LogP contribution < -0.4 is 0 Å². The van der Waals surface area contributed by atoms with E-state index in [9.17, 15) is 14.4 Å². The molecule has 0 aliphatic heterocycles. The van der Waals surface area contributed by atoms with E-state index in [1.807, 2.05) is 0 Å². The van der Waals surface area contributed by atoms with Gasteiger partial charge < -0.3 is 0 Å². The molecular formula is C14H24O3. The van der Waals surface area contributed by atoms with E-state index in [1.165, 1.54) is 0 Å². The highest BCUT2D eigenvalue weighted by molar-refractivity contribution is 6.21. The van der Waals surface area contributed by atoms with Gasteiger partial charge >= 0.3 is 0 Å². The molecule has 17 heavy (non-hydrogen) atoms. The molecule has 3 nitrogen and oxygen atoms in total. The maximum absolute atomic E-state index is 12.2. The number of carbonyl (C=O) groups excluding carboxylic acids is 3. The Kier molecular flexibility index (Phi) is 4.81. The molecule has 0 aromatic rings. The molecule has 0 rings (SSSR count). The number of hydrogen-bond acceptors (Lipinski definition) is 3. The van der Waals surface area contributed by atoms with Crippen molar-refractivity contribution in [2.45, 2.75) is 54.9 Å². The number of rotatable bonds is 4. The Morgan fingerprint density at radius 1 is 0.824 bits per heavy atom. The molecule has 98 valence electrons. The van der Waals surface area contributed by atoms with Crippen molar-refractivity contribution >= 4 is 17.3 Å². The average Bonchev–Trinajstić information content (AvgIpc) is 2.14. The standard InChI is InChI=1S/C14H24O3/c1-8-9(15)10(11(16)13(2,3)4)12(17)14(5,6)7/h10H,8H2,1-7H3. The van der Waals surface area contributed by atoms with E-state index in [0.717, 1.165) is 0 Å². The van der Waals surface area contributed by atoms with Crippen LogP contribution >= 0.6 is 0 Å². The first kappa shape index (κ1) is 16.0. The predicted octanol–water partition coefficient (Wildman–Crippen LogP) is 2.81. The molecule has 0 saturated carbocycles. The summed E-state index contributed by atoms with van der Waals surface area (Å²) in [7, 11) is 0. The van der Waals surface area contributed by atoms with Gasteiger partial charge in [0.2, 0.25) is 0 Å². The van der Waals surface area contributed by atoms with E-state index >= 15 is 0 Å². The predicted molar refractivity (Wildman–Crippen MR) is 67.7 cm³/mol. The largest absolute Gasteiger partial charge is 0.298 e. The molecule has 3 heteroatoms. The van der Waals surface area contributed by atoms with Crippen LogP contribution in [0.1, 0.15) is 54.9 Å². The van der Waals surface area contributed by atoms with Crippen molar-refractivity contribution in [2.24, 2.45) is 16.7 Å². The summed E-state index contributed by atoms with van der Waals surface area (Å²) in [5.41, 5.74) is -1.34. The van der Waals surface area contributed by atoms with Crippen molar-refractivity contribution in [1.82, 2.24) is 0 Å². The summed E-state index contributed by atoms with van der Waals surface area (Å²) in [6.45, 7) is 12.1. The van der Waals surface area contributed by atoms with Crippen molar-refractivity contribution < 1.29 is 14.4 Å². The molecule has 0 aromatic heterocycles. The van der Waals surface area contributed by atoms with Crippen LogP contribution in [-0.4, -0.2) is 17.3 Å². The fourth-order valence-corrected chi connectivity index (χ4v) is 1.48. The fourth-order valence-electron chi connectivity index (χ4n) is 1.48. The van der Waals surface area contributed by atoms with Gasteiger partial charge in [0.15, 0.2) is 17.3 Å². The van der Waals surface area contributed by atoms with Crippen molar-refractivity contribution in [2.75, 3.05) is 0 Å². The lowest BCUT2D eigenvalue weighted by molar-refractivity contribution is -0.146. The Bertz CT molecular complexity index is 300. The van der Waals surface area contributed by atoms with E-state index in [0.29, 0.717) is 0 Å². The van der Waals surface area contributed by atoms with Crippen LogP contribution in [0.15, 0.2) is 0 Å². The Labute approximate surface area is 104 Å². The molecule has 0 saturated heterocycles. The highest BCUT2D eigenvalue weighted by Crippen LogP contribution is 2.28. The van der Waals surface area contributed by atoms with Gasteiger partial charge in [-0.15, -0.1) is 0 Å². The molecule has 0 spiro atoms. The molecule has 0 amide bonds. The number of carbonyl (C=O) groups is 3. The summed E-state index contributed by atoms with van der Waals surface area (Å²) < 4.78 is 0. The minimum absolute atomic E-state index is 0.217. The summed E-state index contributed by atoms with van der Waals surface area (Å²) >= 11 is 0. The molecular weight excluding hydrogens is 216 g/mol. The summed E-state index contributed by atoms with van der Waals surface area (Å²) in [5.74, 6) is -1.92. The zero-order valence-corrected chi connectivity index (χ0v) is 12.0. The minimum Gasteiger partial charge on any atom is -0.298 e. The third kappa shape index (κ3) is 4.06. The molecule has 0 heterocycles. The first-order valence-corrected chi connectivity index (χ1v) is 6.04. The highest BCUT2D eigenvalue weighted by Gasteiger charge is 2.42. The van der Waals surface area contributed by atoms with Gasteiger partial charge in [-0.05, 0) is 0 Å². The Balaban J connectivity index is 5.40. The Morgan fingerprint density at radius 3 is 1.29 bits per heavy atom. The van der Waals surface area contributed by atoms with Crippen LogP contribution in [0.3, 0.4) is 0 Å². The smallest absolute Gasteiger partial charge is 0.156 e. The summed E-state index contributed by atoms with van der Waals surface area (Å²) in [5, 5.41) is 0. The van der Waals surface area contributed by atoms with Crippen LogP contribution in [0.2, 0.25) is 0 Å². The van der Waals surface area contributed by atoms with Gasteiger partial charge in [-0.25, -0.2) is 0 Å². The lowest BCUT2D eigenvalue weighted by Gasteiger charge is -2.27. The topological polar surface area (TPSA) is 51.2 Å². The lowest BCUT2D eigenvalue weighted by atomic mass is 9.72. The maximum atomic E-state index is 12.2. The maximum Gasteiger partial charge on any atom is 0.156 e. The SMILES string of the molecule is CCC(=O)C(C(=O)C(C)(C)C)C(=O)C(C)(C)C. The monoisotopic (exact) mass is 240 g/mol. The molecule has 0 unspecified atom stereocenters. The normalized spacial score (nSPS) is 12.7. The Morgan fingerprint density at radius 2 is 1.12 bits per heavy atom. The number of ketones is 3. The molecule has 0 aliphatic rings. The lowest BCUT2D eigenvalue weighted by Crippen LogP contribution is -2.43. The van der Waals surface area contributed by atoms with Gasteiger partial charge in [-0.3, -0.25) is 14.4 Å². The zero-order chi connectivity index (χ0) is 14.0. The van der Waals surface area contributed by atoms with Crippen LogP contribution in [0, 0.1) is 16.7 Å². The van der Waals surface area contributed by atoms with Crippen molar-refractivity contribution in [3.8, 4) is 0 Å². The second-order valence-corrected chi connectivity index (χ2v) is 6.48. The summed E-state index contributed by atoms with van der Waals surface area (Å²) in [6.07, 6.45) is 0.217. The molecule has 0 radical (unpaired) electrons. The summed E-state index contributed by atoms with van der Waals surface area (Å²) in [4.78, 5) is 36.3. The average molecular weight is 240 g/mol. The van der Waals surface area contributed by atoms with Crippen LogP contribution in [0.25, 0.3) is 0 Å². The van der Waals surface area contributed by atoms with Crippen LogP contribution in [0.4, 0.5) is 0 Å². The first-order valence-electron chi connectivity index (χ1n) is 6.04. The number of Topliss-reactive ketones (excluding diaryl/α,β-unsaturated/α-hetero) is 3. The molecule has 0 aliphatic carbocycles. The van der Waals surface area contributed by atoms with E-state index in [4.69, 9.17) is 0 Å². The molecule has 0 atom stereocenters. The molecule has 0 aromatic carbocycles. The quantitative estimate of drug-likeness (QED) is 0.710. The van der Waals surface area contributed by atoms with Gasteiger partial charge in [0.1, 0.15) is 5.92 Å². The fraction of sp³-hybridized carbons (Fsp3) is 0.786. The van der Waals surface area contributed by atoms with Gasteiger partial charge in [0.25, 0.3) is 0 Å². The van der Waals surface area contributed by atoms with Crippen LogP contribution in [-0.2, 0) is 14.4 Å². The zero-order valence-electron chi connectivity index (χ0n) is 12.0. The minimum atomic E-state index is -1.10. The second kappa shape index (κ2) is 5.11. The van der Waals surface area contributed by atoms with Crippen molar-refractivity contribution in [3.05, 3.63) is 0 Å². The van der Waals surface area contributed by atoms with E-state index < -0.39 is 16.7 Å². The van der Waals surface area contributed by atoms with Crippen LogP contribution in [0.5, 0.6) is 0 Å². The van der Waals surface area contributed by atoms with Crippen molar-refractivity contribution in [3.63, 3.8) is 0 Å². The van der Waals surface area contributed by atoms with E-state index in [1.54, 1.807) is 48.5 Å². The van der Waals surface area contributed by atoms with Gasteiger partial charge in [0.05, 0.1) is 0 Å². The number of hydrogen-bond donors (Lipinski definition) is 0. The van der Waals surface area contributed by atoms with Gasteiger partial charge in [0, 0.05) is 17.3 Å². The van der Waals surface area contributed by atoms with E-state index in [2.05, 4.69) is 0 Å². The third-order valence-electron chi connectivity index (χ3n) is 2.67. The third-order valence-corrected chi connectivity index (χ3v) is 2.67. The molecule has 0 N–H and O–H groups in total. The van der Waals surface area contributed by atoms with E-state index in [-0.39, 0.29) is 23.8 Å². The van der Waals surface area contributed by atoms with Gasteiger partial charge in [-0.1, -0.05) is 48.5 Å². The first-order chi connectivity index (χ1) is 7.42. The Hall–Kier alpha value is -0.990.